The maximum atomic E-state index is 5.50. The lowest BCUT2D eigenvalue weighted by Gasteiger charge is -2.30. The van der Waals surface area contributed by atoms with Crippen molar-refractivity contribution >= 4 is 11.3 Å². The molecule has 0 aromatic carbocycles. The first-order valence-electron chi connectivity index (χ1n) is 5.03. The third-order valence-electron chi connectivity index (χ3n) is 2.77. The second kappa shape index (κ2) is 4.87. The summed E-state index contributed by atoms with van der Waals surface area (Å²) in [5.41, 5.74) is 0. The molecule has 0 bridgehead atoms. The van der Waals surface area contributed by atoms with Crippen molar-refractivity contribution in [3.05, 3.63) is 16.6 Å². The van der Waals surface area contributed by atoms with Crippen LogP contribution in [0.2, 0.25) is 0 Å². The van der Waals surface area contributed by atoms with Gasteiger partial charge in [-0.2, -0.15) is 0 Å². The Kier molecular flexibility index (Phi) is 3.50. The smallest absolute Gasteiger partial charge is 0.0929 e. The summed E-state index contributed by atoms with van der Waals surface area (Å²) in [6, 6.07) is 0.590. The third-order valence-corrected chi connectivity index (χ3v) is 3.57. The van der Waals surface area contributed by atoms with Crippen LogP contribution in [0.25, 0.3) is 0 Å². The summed E-state index contributed by atoms with van der Waals surface area (Å²) in [4.78, 5) is 4.31. The van der Waals surface area contributed by atoms with Crippen LogP contribution in [0.3, 0.4) is 0 Å². The third kappa shape index (κ3) is 2.32. The van der Waals surface area contributed by atoms with Crippen LogP contribution in [0.1, 0.15) is 11.4 Å². The fourth-order valence-corrected chi connectivity index (χ4v) is 2.67. The maximum Gasteiger partial charge on any atom is 0.0929 e. The van der Waals surface area contributed by atoms with Gasteiger partial charge in [0.1, 0.15) is 0 Å². The highest BCUT2D eigenvalue weighted by Crippen LogP contribution is 2.20. The number of hydrogen-bond acceptors (Lipinski definition) is 4. The summed E-state index contributed by atoms with van der Waals surface area (Å²) in [5.74, 6) is 0.583. The summed E-state index contributed by atoms with van der Waals surface area (Å²) in [6.45, 7) is 1.75. The van der Waals surface area contributed by atoms with Crippen molar-refractivity contribution in [2.45, 2.75) is 18.9 Å². The molecule has 0 radical (unpaired) electrons. The Balaban J connectivity index is 1.94. The van der Waals surface area contributed by atoms with Crippen molar-refractivity contribution in [2.75, 3.05) is 20.3 Å². The highest BCUT2D eigenvalue weighted by Gasteiger charge is 2.25. The van der Waals surface area contributed by atoms with E-state index in [1.54, 1.807) is 11.3 Å². The van der Waals surface area contributed by atoms with Gasteiger partial charge in [0.2, 0.25) is 0 Å². The first-order chi connectivity index (χ1) is 6.90. The predicted molar refractivity (Wildman–Crippen MR) is 57.6 cm³/mol. The van der Waals surface area contributed by atoms with Crippen molar-refractivity contribution in [1.29, 1.82) is 0 Å². The zero-order valence-corrected chi connectivity index (χ0v) is 9.22. The first-order valence-corrected chi connectivity index (χ1v) is 5.91. The van der Waals surface area contributed by atoms with E-state index in [0.29, 0.717) is 12.0 Å². The monoisotopic (exact) mass is 212 g/mol. The predicted octanol–water partition coefficient (Wildman–Crippen LogP) is 1.31. The molecule has 2 atom stereocenters. The summed E-state index contributed by atoms with van der Waals surface area (Å²) in [6.07, 6.45) is 4.04. The van der Waals surface area contributed by atoms with Gasteiger partial charge in [0.25, 0.3) is 0 Å². The Morgan fingerprint density at radius 3 is 3.36 bits per heavy atom. The van der Waals surface area contributed by atoms with E-state index >= 15 is 0 Å². The quantitative estimate of drug-likeness (QED) is 0.820. The molecule has 1 aliphatic heterocycles. The molecule has 1 aromatic rings. The van der Waals surface area contributed by atoms with Gasteiger partial charge in [-0.3, -0.25) is 0 Å². The van der Waals surface area contributed by atoms with Crippen molar-refractivity contribution < 1.29 is 4.74 Å². The zero-order chi connectivity index (χ0) is 9.80. The van der Waals surface area contributed by atoms with Gasteiger partial charge in [-0.05, 0) is 13.5 Å². The van der Waals surface area contributed by atoms with E-state index in [2.05, 4.69) is 10.3 Å². The van der Waals surface area contributed by atoms with Crippen LogP contribution in [0, 0.1) is 5.92 Å². The largest absolute Gasteiger partial charge is 0.381 e. The Bertz CT molecular complexity index is 263. The van der Waals surface area contributed by atoms with Gasteiger partial charge >= 0.3 is 0 Å². The molecule has 14 heavy (non-hydrogen) atoms. The average molecular weight is 212 g/mol. The Hall–Kier alpha value is -0.450. The molecule has 1 fully saturated rings. The van der Waals surface area contributed by atoms with Gasteiger partial charge in [-0.25, -0.2) is 4.98 Å². The summed E-state index contributed by atoms with van der Waals surface area (Å²) < 4.78 is 5.50. The van der Waals surface area contributed by atoms with Gasteiger partial charge < -0.3 is 10.1 Å². The van der Waals surface area contributed by atoms with Crippen molar-refractivity contribution in [1.82, 2.24) is 10.3 Å². The SMILES string of the molecule is CNC1CCOCC1Cc1nccs1. The molecule has 0 spiro atoms. The van der Waals surface area contributed by atoms with E-state index in [1.165, 1.54) is 5.01 Å². The number of thiazole rings is 1. The van der Waals surface area contributed by atoms with Crippen molar-refractivity contribution in [2.24, 2.45) is 5.92 Å². The highest BCUT2D eigenvalue weighted by molar-refractivity contribution is 7.09. The lowest BCUT2D eigenvalue weighted by molar-refractivity contribution is 0.0342. The normalized spacial score (nSPS) is 27.8. The molecule has 1 saturated heterocycles. The Morgan fingerprint density at radius 1 is 1.71 bits per heavy atom. The van der Waals surface area contributed by atoms with Crippen molar-refractivity contribution in [3.8, 4) is 0 Å². The molecule has 1 aromatic heterocycles. The standard InChI is InChI=1S/C10H16N2OS/c1-11-9-2-4-13-7-8(9)6-10-12-3-5-14-10/h3,5,8-9,11H,2,4,6-7H2,1H3. The molecule has 2 unspecified atom stereocenters. The molecule has 2 heterocycles. The molecule has 1 N–H and O–H groups in total. The van der Waals surface area contributed by atoms with E-state index in [9.17, 15) is 0 Å². The Labute approximate surface area is 88.5 Å². The number of nitrogens with zero attached hydrogens (tertiary/aromatic N) is 1. The molecular weight excluding hydrogens is 196 g/mol. The fourth-order valence-electron chi connectivity index (χ4n) is 1.96. The van der Waals surface area contributed by atoms with Gasteiger partial charge in [0.05, 0.1) is 11.6 Å². The van der Waals surface area contributed by atoms with E-state index in [1.807, 2.05) is 18.6 Å². The van der Waals surface area contributed by atoms with Crippen LogP contribution in [0.5, 0.6) is 0 Å². The molecule has 0 aliphatic carbocycles. The number of rotatable bonds is 3. The first kappa shape index (κ1) is 10.1. The summed E-state index contributed by atoms with van der Waals surface area (Å²) in [7, 11) is 2.03. The van der Waals surface area contributed by atoms with Crippen molar-refractivity contribution in [3.63, 3.8) is 0 Å². The summed E-state index contributed by atoms with van der Waals surface area (Å²) in [5, 5.41) is 6.62. The maximum absolute atomic E-state index is 5.50. The molecule has 78 valence electrons. The van der Waals surface area contributed by atoms with E-state index < -0.39 is 0 Å². The van der Waals surface area contributed by atoms with Gasteiger partial charge in [0.15, 0.2) is 0 Å². The van der Waals surface area contributed by atoms with Crippen LogP contribution in [-0.2, 0) is 11.2 Å². The van der Waals surface area contributed by atoms with Gasteiger partial charge in [0, 0.05) is 36.6 Å². The van der Waals surface area contributed by atoms with Crippen LogP contribution < -0.4 is 5.32 Å². The number of aromatic nitrogens is 1. The van der Waals surface area contributed by atoms with E-state index in [0.717, 1.165) is 26.1 Å². The highest BCUT2D eigenvalue weighted by atomic mass is 32.1. The number of hydrogen-bond donors (Lipinski definition) is 1. The van der Waals surface area contributed by atoms with E-state index in [-0.39, 0.29) is 0 Å². The van der Waals surface area contributed by atoms with Gasteiger partial charge in [-0.1, -0.05) is 0 Å². The van der Waals surface area contributed by atoms with E-state index in [4.69, 9.17) is 4.74 Å². The molecule has 3 nitrogen and oxygen atoms in total. The lowest BCUT2D eigenvalue weighted by Crippen LogP contribution is -2.41. The zero-order valence-electron chi connectivity index (χ0n) is 8.40. The minimum absolute atomic E-state index is 0.583. The van der Waals surface area contributed by atoms with Crippen LogP contribution in [-0.4, -0.2) is 31.3 Å². The second-order valence-corrected chi connectivity index (χ2v) is 4.63. The fraction of sp³-hybridized carbons (Fsp3) is 0.700. The number of ether oxygens (including phenoxy) is 1. The molecule has 0 saturated carbocycles. The number of nitrogens with one attached hydrogen (secondary N) is 1. The second-order valence-electron chi connectivity index (χ2n) is 3.65. The molecule has 1 aliphatic rings. The lowest BCUT2D eigenvalue weighted by atomic mass is 9.93. The van der Waals surface area contributed by atoms with Crippen LogP contribution in [0.15, 0.2) is 11.6 Å². The molecule has 4 heteroatoms. The summed E-state index contributed by atoms with van der Waals surface area (Å²) >= 11 is 1.73. The minimum Gasteiger partial charge on any atom is -0.381 e. The Morgan fingerprint density at radius 2 is 2.64 bits per heavy atom. The topological polar surface area (TPSA) is 34.1 Å². The molecule has 0 amide bonds. The van der Waals surface area contributed by atoms with Crippen LogP contribution >= 0.6 is 11.3 Å². The van der Waals surface area contributed by atoms with Crippen LogP contribution in [0.4, 0.5) is 0 Å². The molecular formula is C10H16N2OS. The van der Waals surface area contributed by atoms with Gasteiger partial charge in [-0.15, -0.1) is 11.3 Å². The molecule has 2 rings (SSSR count). The average Bonchev–Trinajstić information content (AvgIpc) is 2.71. The minimum atomic E-state index is 0.583.